The molecule has 7 nitrogen and oxygen atoms in total. The molecule has 1 N–H and O–H groups in total. The molecule has 0 radical (unpaired) electrons. The fraction of sp³-hybridized carbons (Fsp3) is 0.130. The number of benzene rings is 3. The molecular formula is C23H21ClN2O5S. The molecule has 32 heavy (non-hydrogen) atoms. The van der Waals surface area contributed by atoms with Gasteiger partial charge in [0, 0.05) is 17.8 Å². The first-order chi connectivity index (χ1) is 15.2. The largest absolute Gasteiger partial charge is 0.452 e. The minimum Gasteiger partial charge on any atom is -0.452 e. The van der Waals surface area contributed by atoms with Crippen molar-refractivity contribution in [2.24, 2.45) is 0 Å². The molecule has 0 saturated carbocycles. The summed E-state index contributed by atoms with van der Waals surface area (Å²) in [6, 6.07) is 19.1. The van der Waals surface area contributed by atoms with Crippen molar-refractivity contribution >= 4 is 44.9 Å². The van der Waals surface area contributed by atoms with Gasteiger partial charge in [0.15, 0.2) is 6.61 Å². The van der Waals surface area contributed by atoms with E-state index in [1.807, 2.05) is 0 Å². The fourth-order valence-electron chi connectivity index (χ4n) is 2.86. The summed E-state index contributed by atoms with van der Waals surface area (Å²) in [5.41, 5.74) is 1.69. The summed E-state index contributed by atoms with van der Waals surface area (Å²) >= 11 is 6.03. The first-order valence-corrected chi connectivity index (χ1v) is 11.4. The Balaban J connectivity index is 1.68. The second-order valence-electron chi connectivity index (χ2n) is 6.87. The van der Waals surface area contributed by atoms with Gasteiger partial charge in [0.25, 0.3) is 15.9 Å². The summed E-state index contributed by atoms with van der Waals surface area (Å²) < 4.78 is 32.0. The molecular weight excluding hydrogens is 452 g/mol. The van der Waals surface area contributed by atoms with E-state index in [1.165, 1.54) is 31.3 Å². The third kappa shape index (κ3) is 5.27. The maximum absolute atomic E-state index is 12.9. The summed E-state index contributed by atoms with van der Waals surface area (Å²) in [4.78, 5) is 24.5. The highest BCUT2D eigenvalue weighted by atomic mass is 35.5. The third-order valence-electron chi connectivity index (χ3n) is 4.72. The normalized spacial score (nSPS) is 11.0. The Bertz CT molecular complexity index is 1250. The Morgan fingerprint density at radius 3 is 2.41 bits per heavy atom. The number of nitrogens with zero attached hydrogens (tertiary/aromatic N) is 1. The van der Waals surface area contributed by atoms with Gasteiger partial charge in [-0.1, -0.05) is 41.9 Å². The lowest BCUT2D eigenvalue weighted by molar-refractivity contribution is -0.119. The van der Waals surface area contributed by atoms with Crippen LogP contribution >= 0.6 is 11.6 Å². The van der Waals surface area contributed by atoms with Crippen molar-refractivity contribution in [3.05, 3.63) is 88.9 Å². The molecule has 0 aliphatic carbocycles. The van der Waals surface area contributed by atoms with Crippen molar-refractivity contribution in [2.75, 3.05) is 23.3 Å². The number of ether oxygens (including phenoxy) is 1. The van der Waals surface area contributed by atoms with Gasteiger partial charge in [0.1, 0.15) is 0 Å². The van der Waals surface area contributed by atoms with Crippen LogP contribution in [0, 0.1) is 6.92 Å². The lowest BCUT2D eigenvalue weighted by Gasteiger charge is -2.19. The molecule has 0 aliphatic rings. The molecule has 0 aliphatic heterocycles. The number of nitrogens with one attached hydrogen (secondary N) is 1. The van der Waals surface area contributed by atoms with E-state index in [2.05, 4.69) is 5.32 Å². The van der Waals surface area contributed by atoms with Crippen LogP contribution in [0.15, 0.2) is 77.7 Å². The Labute approximate surface area is 191 Å². The number of esters is 1. The predicted octanol–water partition coefficient (Wildman–Crippen LogP) is 4.27. The highest BCUT2D eigenvalue weighted by molar-refractivity contribution is 7.92. The number of sulfonamides is 1. The van der Waals surface area contributed by atoms with Crippen LogP contribution in [-0.4, -0.2) is 33.9 Å². The molecule has 0 atom stereocenters. The van der Waals surface area contributed by atoms with E-state index in [4.69, 9.17) is 16.3 Å². The molecule has 0 bridgehead atoms. The van der Waals surface area contributed by atoms with Gasteiger partial charge in [-0.15, -0.1) is 0 Å². The molecule has 3 rings (SSSR count). The van der Waals surface area contributed by atoms with E-state index >= 15 is 0 Å². The molecule has 3 aromatic rings. The number of anilines is 2. The maximum atomic E-state index is 12.9. The van der Waals surface area contributed by atoms with Gasteiger partial charge in [0.2, 0.25) is 0 Å². The smallest absolute Gasteiger partial charge is 0.338 e. The first kappa shape index (κ1) is 23.3. The second kappa shape index (κ2) is 9.84. The number of rotatable bonds is 7. The highest BCUT2D eigenvalue weighted by Gasteiger charge is 2.23. The average molecular weight is 473 g/mol. The minimum absolute atomic E-state index is 0.0132. The van der Waals surface area contributed by atoms with Crippen molar-refractivity contribution in [1.82, 2.24) is 0 Å². The van der Waals surface area contributed by atoms with Gasteiger partial charge in [-0.25, -0.2) is 13.2 Å². The summed E-state index contributed by atoms with van der Waals surface area (Å²) in [6.45, 7) is 1.22. The van der Waals surface area contributed by atoms with E-state index in [0.29, 0.717) is 22.0 Å². The first-order valence-electron chi connectivity index (χ1n) is 9.56. The quantitative estimate of drug-likeness (QED) is 0.518. The van der Waals surface area contributed by atoms with Gasteiger partial charge in [-0.3, -0.25) is 9.10 Å². The molecule has 0 unspecified atom stereocenters. The molecule has 3 aromatic carbocycles. The second-order valence-corrected chi connectivity index (χ2v) is 9.25. The third-order valence-corrected chi connectivity index (χ3v) is 6.92. The Kier molecular flexibility index (Phi) is 7.17. The summed E-state index contributed by atoms with van der Waals surface area (Å²) in [5.74, 6) is -1.36. The predicted molar refractivity (Wildman–Crippen MR) is 124 cm³/mol. The zero-order chi connectivity index (χ0) is 23.3. The van der Waals surface area contributed by atoms with Gasteiger partial charge in [-0.2, -0.15) is 0 Å². The summed E-state index contributed by atoms with van der Waals surface area (Å²) in [6.07, 6.45) is 0. The Hall–Kier alpha value is -3.36. The zero-order valence-electron chi connectivity index (χ0n) is 17.4. The van der Waals surface area contributed by atoms with E-state index < -0.39 is 28.5 Å². The van der Waals surface area contributed by atoms with E-state index in [-0.39, 0.29) is 10.5 Å². The number of carbonyl (C=O) groups is 2. The number of hydrogen-bond donors (Lipinski definition) is 1. The van der Waals surface area contributed by atoms with Crippen LogP contribution in [0.25, 0.3) is 0 Å². The van der Waals surface area contributed by atoms with Crippen LogP contribution < -0.4 is 9.62 Å². The van der Waals surface area contributed by atoms with Crippen LogP contribution in [0.1, 0.15) is 15.9 Å². The molecule has 0 fully saturated rings. The standard InChI is InChI=1S/C23H21ClN2O5S/c1-16-20(24)12-7-13-21(16)25-22(27)15-31-23(28)17-8-6-11-19(14-17)32(29,30)26(2)18-9-4-3-5-10-18/h3-14H,15H2,1-2H3,(H,25,27). The van der Waals surface area contributed by atoms with E-state index in [1.54, 1.807) is 55.5 Å². The number of para-hydroxylation sites is 1. The summed E-state index contributed by atoms with van der Waals surface area (Å²) in [5, 5.41) is 3.12. The van der Waals surface area contributed by atoms with Crippen LogP contribution in [0.5, 0.6) is 0 Å². The SMILES string of the molecule is Cc1c(Cl)cccc1NC(=O)COC(=O)c1cccc(S(=O)(=O)N(C)c2ccccc2)c1. The molecule has 0 heterocycles. The van der Waals surface area contributed by atoms with Gasteiger partial charge < -0.3 is 10.1 Å². The van der Waals surface area contributed by atoms with Crippen LogP contribution in [0.3, 0.4) is 0 Å². The topological polar surface area (TPSA) is 92.8 Å². The Morgan fingerprint density at radius 1 is 1.00 bits per heavy atom. The molecule has 166 valence electrons. The Morgan fingerprint density at radius 2 is 1.69 bits per heavy atom. The van der Waals surface area contributed by atoms with Gasteiger partial charge in [-0.05, 0) is 55.0 Å². The van der Waals surface area contributed by atoms with Crippen LogP contribution in [0.2, 0.25) is 5.02 Å². The van der Waals surface area contributed by atoms with Crippen LogP contribution in [0.4, 0.5) is 11.4 Å². The monoisotopic (exact) mass is 472 g/mol. The number of carbonyl (C=O) groups excluding carboxylic acids is 2. The van der Waals surface area contributed by atoms with Crippen molar-refractivity contribution in [1.29, 1.82) is 0 Å². The number of halogens is 1. The number of hydrogen-bond acceptors (Lipinski definition) is 5. The lowest BCUT2D eigenvalue weighted by atomic mass is 10.2. The number of amides is 1. The molecule has 0 spiro atoms. The van der Waals surface area contributed by atoms with Crippen molar-refractivity contribution < 1.29 is 22.7 Å². The molecule has 1 amide bonds. The fourth-order valence-corrected chi connectivity index (χ4v) is 4.28. The van der Waals surface area contributed by atoms with Gasteiger partial charge >= 0.3 is 5.97 Å². The molecule has 0 aromatic heterocycles. The lowest BCUT2D eigenvalue weighted by Crippen LogP contribution is -2.26. The molecule has 0 saturated heterocycles. The van der Waals surface area contributed by atoms with Crippen LogP contribution in [-0.2, 0) is 19.6 Å². The van der Waals surface area contributed by atoms with Crippen molar-refractivity contribution in [3.63, 3.8) is 0 Å². The highest BCUT2D eigenvalue weighted by Crippen LogP contribution is 2.24. The summed E-state index contributed by atoms with van der Waals surface area (Å²) in [7, 11) is -2.47. The van der Waals surface area contributed by atoms with E-state index in [9.17, 15) is 18.0 Å². The molecule has 9 heteroatoms. The minimum atomic E-state index is -3.90. The average Bonchev–Trinajstić information content (AvgIpc) is 2.80. The van der Waals surface area contributed by atoms with Gasteiger partial charge in [0.05, 0.1) is 16.1 Å². The van der Waals surface area contributed by atoms with E-state index in [0.717, 1.165) is 4.31 Å². The maximum Gasteiger partial charge on any atom is 0.338 e. The van der Waals surface area contributed by atoms with Crippen molar-refractivity contribution in [2.45, 2.75) is 11.8 Å². The van der Waals surface area contributed by atoms with Crippen molar-refractivity contribution in [3.8, 4) is 0 Å². The zero-order valence-corrected chi connectivity index (χ0v) is 19.0.